The number of thioether (sulfide) groups is 1. The van der Waals surface area contributed by atoms with Gasteiger partial charge in [-0.2, -0.15) is 11.8 Å². The van der Waals surface area contributed by atoms with Crippen molar-refractivity contribution in [3.63, 3.8) is 0 Å². The predicted octanol–water partition coefficient (Wildman–Crippen LogP) is 4.41. The second-order valence-corrected chi connectivity index (χ2v) is 5.98. The summed E-state index contributed by atoms with van der Waals surface area (Å²) in [7, 11) is 0. The molecule has 0 aliphatic rings. The number of rotatable bonds is 5. The minimum absolute atomic E-state index is 0.443. The number of hydrogen-bond acceptors (Lipinski definition) is 2. The smallest absolute Gasteiger partial charge is 0.103 e. The first-order chi connectivity index (χ1) is 9.16. The van der Waals surface area contributed by atoms with Crippen molar-refractivity contribution in [3.8, 4) is 0 Å². The van der Waals surface area contributed by atoms with E-state index in [2.05, 4.69) is 12.1 Å². The highest BCUT2D eigenvalue weighted by atomic mass is 35.5. The lowest BCUT2D eigenvalue weighted by molar-refractivity contribution is 1.36. The fourth-order valence-electron chi connectivity index (χ4n) is 1.71. The van der Waals surface area contributed by atoms with E-state index in [0.717, 1.165) is 22.1 Å². The predicted molar refractivity (Wildman–Crippen MR) is 88.8 cm³/mol. The first-order valence-corrected chi connectivity index (χ1v) is 7.81. The number of thiocarbonyl (C=S) groups is 1. The second-order valence-electron chi connectivity index (χ2n) is 4.15. The summed E-state index contributed by atoms with van der Waals surface area (Å²) in [6.45, 7) is 0. The van der Waals surface area contributed by atoms with Crippen molar-refractivity contribution >= 4 is 40.6 Å². The Morgan fingerprint density at radius 1 is 1.11 bits per heavy atom. The van der Waals surface area contributed by atoms with Crippen LogP contribution in [0.25, 0.3) is 0 Å². The summed E-state index contributed by atoms with van der Waals surface area (Å²) in [4.78, 5) is 0.443. The molecule has 2 aromatic carbocycles. The minimum Gasteiger partial charge on any atom is -0.389 e. The third-order valence-electron chi connectivity index (χ3n) is 2.70. The first-order valence-electron chi connectivity index (χ1n) is 5.86. The van der Waals surface area contributed by atoms with Crippen LogP contribution in [0.1, 0.15) is 16.7 Å². The molecule has 0 spiro atoms. The highest BCUT2D eigenvalue weighted by Gasteiger charge is 2.01. The van der Waals surface area contributed by atoms with E-state index in [4.69, 9.17) is 29.6 Å². The van der Waals surface area contributed by atoms with Crippen LogP contribution < -0.4 is 5.73 Å². The summed E-state index contributed by atoms with van der Waals surface area (Å²) in [5, 5.41) is 0.826. The molecular weight excluding hydrogens is 294 g/mol. The molecule has 0 saturated carbocycles. The van der Waals surface area contributed by atoms with Gasteiger partial charge in [0.15, 0.2) is 0 Å². The molecule has 4 heteroatoms. The molecule has 98 valence electrons. The maximum Gasteiger partial charge on any atom is 0.103 e. The Hall–Kier alpha value is -1.03. The average Bonchev–Trinajstić information content (AvgIpc) is 2.41. The maximum absolute atomic E-state index is 6.13. The van der Waals surface area contributed by atoms with Gasteiger partial charge in [0.05, 0.1) is 0 Å². The van der Waals surface area contributed by atoms with Gasteiger partial charge in [-0.1, -0.05) is 60.2 Å². The van der Waals surface area contributed by atoms with Gasteiger partial charge in [-0.05, 0) is 23.3 Å². The van der Waals surface area contributed by atoms with Crippen LogP contribution in [0.4, 0.5) is 0 Å². The molecular formula is C15H14ClNS2. The molecule has 2 aromatic rings. The SMILES string of the molecule is NC(=S)c1cccc(CSCc2ccccc2Cl)c1. The zero-order valence-electron chi connectivity index (χ0n) is 10.3. The summed E-state index contributed by atoms with van der Waals surface area (Å²) < 4.78 is 0. The van der Waals surface area contributed by atoms with Crippen molar-refractivity contribution in [1.82, 2.24) is 0 Å². The molecule has 1 nitrogen and oxygen atoms in total. The molecule has 19 heavy (non-hydrogen) atoms. The maximum atomic E-state index is 6.13. The summed E-state index contributed by atoms with van der Waals surface area (Å²) in [5.41, 5.74) is 8.94. The number of hydrogen-bond donors (Lipinski definition) is 1. The van der Waals surface area contributed by atoms with Crippen LogP contribution in [-0.2, 0) is 11.5 Å². The molecule has 0 bridgehead atoms. The Morgan fingerprint density at radius 2 is 1.89 bits per heavy atom. The highest BCUT2D eigenvalue weighted by molar-refractivity contribution is 7.97. The molecule has 0 aliphatic carbocycles. The van der Waals surface area contributed by atoms with E-state index in [1.165, 1.54) is 11.1 Å². The fourth-order valence-corrected chi connectivity index (χ4v) is 3.11. The van der Waals surface area contributed by atoms with Gasteiger partial charge in [0, 0.05) is 22.1 Å². The zero-order valence-corrected chi connectivity index (χ0v) is 12.7. The second kappa shape index (κ2) is 6.94. The standard InChI is InChI=1S/C15H14ClNS2/c16-14-7-2-1-5-13(14)10-19-9-11-4-3-6-12(8-11)15(17)18/h1-8H,9-10H2,(H2,17,18). The molecule has 0 unspecified atom stereocenters. The molecule has 0 atom stereocenters. The lowest BCUT2D eigenvalue weighted by atomic mass is 10.1. The van der Waals surface area contributed by atoms with Crippen molar-refractivity contribution in [2.24, 2.45) is 5.73 Å². The quantitative estimate of drug-likeness (QED) is 0.829. The zero-order chi connectivity index (χ0) is 13.7. The van der Waals surface area contributed by atoms with Crippen molar-refractivity contribution in [2.45, 2.75) is 11.5 Å². The third kappa shape index (κ3) is 4.23. The summed E-state index contributed by atoms with van der Waals surface area (Å²) in [6.07, 6.45) is 0. The Kier molecular flexibility index (Phi) is 5.25. The molecule has 0 aromatic heterocycles. The molecule has 0 aliphatic heterocycles. The highest BCUT2D eigenvalue weighted by Crippen LogP contribution is 2.23. The van der Waals surface area contributed by atoms with Crippen LogP contribution in [0.5, 0.6) is 0 Å². The van der Waals surface area contributed by atoms with E-state index in [0.29, 0.717) is 4.99 Å². The van der Waals surface area contributed by atoms with Gasteiger partial charge in [-0.15, -0.1) is 0 Å². The van der Waals surface area contributed by atoms with E-state index in [9.17, 15) is 0 Å². The molecule has 0 amide bonds. The van der Waals surface area contributed by atoms with Crippen LogP contribution >= 0.6 is 35.6 Å². The van der Waals surface area contributed by atoms with E-state index in [1.54, 1.807) is 0 Å². The number of halogens is 1. The van der Waals surface area contributed by atoms with Gasteiger partial charge >= 0.3 is 0 Å². The molecule has 0 fully saturated rings. The Balaban J connectivity index is 1.94. The van der Waals surface area contributed by atoms with E-state index in [1.807, 2.05) is 48.2 Å². The van der Waals surface area contributed by atoms with E-state index >= 15 is 0 Å². The lowest BCUT2D eigenvalue weighted by Gasteiger charge is -2.06. The number of nitrogens with two attached hydrogens (primary N) is 1. The van der Waals surface area contributed by atoms with Crippen LogP contribution in [0.15, 0.2) is 48.5 Å². The summed E-state index contributed by atoms with van der Waals surface area (Å²) in [6, 6.07) is 16.0. The van der Waals surface area contributed by atoms with Gasteiger partial charge in [0.25, 0.3) is 0 Å². The van der Waals surface area contributed by atoms with Crippen LogP contribution in [-0.4, -0.2) is 4.99 Å². The van der Waals surface area contributed by atoms with E-state index in [-0.39, 0.29) is 0 Å². The van der Waals surface area contributed by atoms with Gasteiger partial charge in [-0.3, -0.25) is 0 Å². The lowest BCUT2D eigenvalue weighted by Crippen LogP contribution is -2.09. The van der Waals surface area contributed by atoms with Crippen molar-refractivity contribution in [3.05, 3.63) is 70.2 Å². The Labute approximate surface area is 128 Å². The third-order valence-corrected chi connectivity index (χ3v) is 4.35. The summed E-state index contributed by atoms with van der Waals surface area (Å²) in [5.74, 6) is 1.82. The first kappa shape index (κ1) is 14.4. The van der Waals surface area contributed by atoms with Crippen LogP contribution in [0.3, 0.4) is 0 Å². The minimum atomic E-state index is 0.443. The van der Waals surface area contributed by atoms with Crippen molar-refractivity contribution in [2.75, 3.05) is 0 Å². The Bertz CT molecular complexity index is 584. The molecule has 2 rings (SSSR count). The van der Waals surface area contributed by atoms with Crippen molar-refractivity contribution < 1.29 is 0 Å². The number of benzene rings is 2. The van der Waals surface area contributed by atoms with Crippen LogP contribution in [0, 0.1) is 0 Å². The molecule has 0 radical (unpaired) electrons. The van der Waals surface area contributed by atoms with Gasteiger partial charge < -0.3 is 5.73 Å². The summed E-state index contributed by atoms with van der Waals surface area (Å²) >= 11 is 12.9. The molecule has 0 saturated heterocycles. The van der Waals surface area contributed by atoms with Gasteiger partial charge in [0.2, 0.25) is 0 Å². The van der Waals surface area contributed by atoms with Gasteiger partial charge in [-0.25, -0.2) is 0 Å². The monoisotopic (exact) mass is 307 g/mol. The van der Waals surface area contributed by atoms with Crippen molar-refractivity contribution in [1.29, 1.82) is 0 Å². The Morgan fingerprint density at radius 3 is 2.63 bits per heavy atom. The van der Waals surface area contributed by atoms with Gasteiger partial charge in [0.1, 0.15) is 4.99 Å². The van der Waals surface area contributed by atoms with Crippen LogP contribution in [0.2, 0.25) is 5.02 Å². The normalized spacial score (nSPS) is 10.4. The molecule has 2 N–H and O–H groups in total. The fraction of sp³-hybridized carbons (Fsp3) is 0.133. The topological polar surface area (TPSA) is 26.0 Å². The average molecular weight is 308 g/mol. The largest absolute Gasteiger partial charge is 0.389 e. The van der Waals surface area contributed by atoms with E-state index < -0.39 is 0 Å². The molecule has 0 heterocycles.